The van der Waals surface area contributed by atoms with Gasteiger partial charge in [-0.25, -0.2) is 19.9 Å². The van der Waals surface area contributed by atoms with Gasteiger partial charge in [-0.1, -0.05) is 20.3 Å². The lowest BCUT2D eigenvalue weighted by Crippen LogP contribution is -2.43. The molecule has 9 N–H and O–H groups in total. The first kappa shape index (κ1) is 43.3. The zero-order valence-electron chi connectivity index (χ0n) is 35.7. The molecule has 4 heterocycles. The van der Waals surface area contributed by atoms with Crippen molar-refractivity contribution in [2.75, 3.05) is 23.8 Å². The summed E-state index contributed by atoms with van der Waals surface area (Å²) in [7, 11) is 0. The largest absolute Gasteiger partial charge is 0.395 e. The second kappa shape index (κ2) is 15.7. The third-order valence-electron chi connectivity index (χ3n) is 17.2. The van der Waals surface area contributed by atoms with Crippen molar-refractivity contribution in [3.8, 4) is 0 Å². The van der Waals surface area contributed by atoms with Gasteiger partial charge < -0.3 is 55.9 Å². The van der Waals surface area contributed by atoms with Gasteiger partial charge in [0.25, 0.3) is 0 Å². The second-order valence-electron chi connectivity index (χ2n) is 20.7. The Kier molecular flexibility index (Phi) is 10.4. The van der Waals surface area contributed by atoms with Gasteiger partial charge in [0.1, 0.15) is 23.5 Å². The number of halogens is 1. The van der Waals surface area contributed by atoms with Gasteiger partial charge in [-0.05, 0) is 106 Å². The number of amides is 2. The summed E-state index contributed by atoms with van der Waals surface area (Å²) in [6, 6.07) is -0.00170. The number of hydrogen-bond donors (Lipinski definition) is 9. The molecule has 20 heteroatoms. The Morgan fingerprint density at radius 3 is 1.74 bits per heavy atom. The Labute approximate surface area is 381 Å². The molecule has 0 saturated heterocycles. The molecule has 0 aromatic carbocycles. The van der Waals surface area contributed by atoms with Crippen LogP contribution >= 0.6 is 11.6 Å². The van der Waals surface area contributed by atoms with Crippen molar-refractivity contribution in [1.82, 2.24) is 49.7 Å². The van der Waals surface area contributed by atoms with Gasteiger partial charge in [0, 0.05) is 36.5 Å². The van der Waals surface area contributed by atoms with Crippen LogP contribution < -0.4 is 21.3 Å². The Morgan fingerprint density at radius 1 is 0.723 bits per heavy atom. The van der Waals surface area contributed by atoms with E-state index in [0.29, 0.717) is 70.7 Å². The number of nitrogens with one attached hydrogen (secondary N) is 4. The molecule has 9 aliphatic carbocycles. The van der Waals surface area contributed by atoms with E-state index in [-0.39, 0.29) is 55.6 Å². The molecule has 4 aromatic rings. The zero-order valence-corrected chi connectivity index (χ0v) is 36.5. The Morgan fingerprint density at radius 2 is 1.25 bits per heavy atom. The van der Waals surface area contributed by atoms with E-state index < -0.39 is 47.3 Å². The maximum Gasteiger partial charge on any atom is 0.229 e. The topological polar surface area (TPSA) is 271 Å². The SMILES string of the molecule is C.Cc1nc(NC2CC3CCC2C3)c2ncn([C@@H]3C4C[C@@]4(C(=O)NCCO)C(O)[C@H]3O)c2n1.O=C(NC1CC1)[C@@]12CC1[C@@H](n1cnc3c(NC4CC5CCC4C5)nc(Cl)nc31)[C@H](O)C2O. The van der Waals surface area contributed by atoms with Crippen LogP contribution in [0.4, 0.5) is 11.6 Å². The summed E-state index contributed by atoms with van der Waals surface area (Å²) in [4.78, 5) is 52.9. The number of fused-ring (bicyclic) bond motifs is 8. The van der Waals surface area contributed by atoms with Crippen LogP contribution in [0, 0.1) is 53.3 Å². The van der Waals surface area contributed by atoms with E-state index in [1.807, 2.05) is 11.5 Å². The lowest BCUT2D eigenvalue weighted by molar-refractivity contribution is -0.133. The van der Waals surface area contributed by atoms with E-state index in [0.717, 1.165) is 43.3 Å². The zero-order chi connectivity index (χ0) is 44.0. The number of carbonyl (C=O) groups is 2. The van der Waals surface area contributed by atoms with Crippen LogP contribution in [-0.2, 0) is 9.59 Å². The molecule has 0 aliphatic heterocycles. The Balaban J connectivity index is 0.000000142. The molecular formula is C45H61ClN12O7. The number of carbonyl (C=O) groups excluding carboxylic acids is 2. The summed E-state index contributed by atoms with van der Waals surface area (Å²) < 4.78 is 3.59. The number of rotatable bonds is 11. The highest BCUT2D eigenvalue weighted by molar-refractivity contribution is 6.28. The van der Waals surface area contributed by atoms with Gasteiger partial charge in [0.15, 0.2) is 28.4 Å². The lowest BCUT2D eigenvalue weighted by Gasteiger charge is -2.24. The van der Waals surface area contributed by atoms with Crippen molar-refractivity contribution in [3.05, 3.63) is 23.8 Å². The first-order chi connectivity index (χ1) is 30.9. The molecule has 4 bridgehead atoms. The third-order valence-corrected chi connectivity index (χ3v) is 17.4. The molecule has 0 radical (unpaired) electrons. The van der Waals surface area contributed by atoms with Gasteiger partial charge in [-0.15, -0.1) is 0 Å². The van der Waals surface area contributed by atoms with Gasteiger partial charge in [0.2, 0.25) is 17.1 Å². The van der Waals surface area contributed by atoms with Crippen molar-refractivity contribution in [3.63, 3.8) is 0 Å². The minimum atomic E-state index is -1.18. The van der Waals surface area contributed by atoms with Gasteiger partial charge >= 0.3 is 0 Å². The van der Waals surface area contributed by atoms with E-state index in [1.165, 1.54) is 38.5 Å². The molecule has 9 fully saturated rings. The van der Waals surface area contributed by atoms with E-state index >= 15 is 0 Å². The van der Waals surface area contributed by atoms with Crippen LogP contribution in [0.15, 0.2) is 12.7 Å². The normalized spacial score (nSPS) is 40.0. The average molecular weight is 918 g/mol. The fourth-order valence-electron chi connectivity index (χ4n) is 13.7. The Bertz CT molecular complexity index is 2540. The molecule has 2 amide bonds. The average Bonchev–Trinajstić information content (AvgIpc) is 3.98. The summed E-state index contributed by atoms with van der Waals surface area (Å²) in [6.45, 7) is 1.79. The third kappa shape index (κ3) is 6.67. The van der Waals surface area contributed by atoms with Crippen molar-refractivity contribution >= 4 is 57.4 Å². The van der Waals surface area contributed by atoms with Gasteiger partial charge in [-0.2, -0.15) is 9.97 Å². The van der Waals surface area contributed by atoms with Gasteiger partial charge in [-0.3, -0.25) is 9.59 Å². The van der Waals surface area contributed by atoms with E-state index in [2.05, 4.69) is 51.2 Å². The number of aryl methyl sites for hydroxylation is 1. The lowest BCUT2D eigenvalue weighted by atomic mass is 9.95. The van der Waals surface area contributed by atoms with Crippen LogP contribution in [-0.4, -0.2) is 132 Å². The second-order valence-corrected chi connectivity index (χ2v) is 21.1. The number of anilines is 2. The van der Waals surface area contributed by atoms with Crippen molar-refractivity contribution < 1.29 is 35.1 Å². The number of hydrogen-bond acceptors (Lipinski definition) is 15. The monoisotopic (exact) mass is 916 g/mol. The molecule has 9 aliphatic rings. The molecule has 4 aromatic heterocycles. The quantitative estimate of drug-likeness (QED) is 0.0979. The predicted molar refractivity (Wildman–Crippen MR) is 237 cm³/mol. The van der Waals surface area contributed by atoms with Crippen molar-refractivity contribution in [2.24, 2.45) is 46.3 Å². The summed E-state index contributed by atoms with van der Waals surface area (Å²) in [5.74, 6) is 4.05. The van der Waals surface area contributed by atoms with E-state index in [9.17, 15) is 30.0 Å². The van der Waals surface area contributed by atoms with Crippen LogP contribution in [0.5, 0.6) is 0 Å². The van der Waals surface area contributed by atoms with Crippen LogP contribution in [0.25, 0.3) is 22.3 Å². The first-order valence-corrected chi connectivity index (χ1v) is 23.8. The number of nitrogens with zero attached hydrogens (tertiary/aromatic N) is 8. The molecule has 10 unspecified atom stereocenters. The van der Waals surface area contributed by atoms with Crippen LogP contribution in [0.1, 0.15) is 102 Å². The fourth-order valence-corrected chi connectivity index (χ4v) is 13.9. The highest BCUT2D eigenvalue weighted by atomic mass is 35.5. The van der Waals surface area contributed by atoms with Crippen LogP contribution in [0.2, 0.25) is 5.28 Å². The highest BCUT2D eigenvalue weighted by Crippen LogP contribution is 2.69. The first-order valence-electron chi connectivity index (χ1n) is 23.5. The number of imidazole rings is 2. The molecule has 13 rings (SSSR count). The van der Waals surface area contributed by atoms with Gasteiger partial charge in [0.05, 0.1) is 54.4 Å². The molecule has 65 heavy (non-hydrogen) atoms. The highest BCUT2D eigenvalue weighted by Gasteiger charge is 2.76. The smallest absolute Gasteiger partial charge is 0.229 e. The Hall–Kier alpha value is -4.27. The maximum absolute atomic E-state index is 12.9. The standard InChI is InChI=1S/C22H27ClN6O3.C22H30N6O4.CH4/c23-21-27-18(26-13-6-9-1-2-10(13)5-9)14-19(28-21)29(8-24-14)15-12-7-22(12,17(31)16(15)30)20(32)25-11-3-4-11;1-10-25-19(27-14-7-11-2-3-12(14)6-11)15-20(26-10)28(9-24-15)16-13-8-22(13,18(31)17(16)30)21(32)23-4-5-29;/h8-13,15-17,30-31H,1-7H2,(H,25,32)(H,26,27,28);9,11-14,16-18,29-31H,2-8H2,1H3,(H,23,32)(H,25,26,27);1H4/t9?,10?,12?,13?,15-,16+,17?,22+;11?,12?,13?,14?,16-,17+,18?,22+;/m11./s1. The number of aliphatic hydroxyl groups excluding tert-OH is 5. The molecule has 0 spiro atoms. The summed E-state index contributed by atoms with van der Waals surface area (Å²) in [5, 5.41) is 65.4. The molecule has 350 valence electrons. The predicted octanol–water partition coefficient (Wildman–Crippen LogP) is 2.40. The molecule has 19 nitrogen and oxygen atoms in total. The van der Waals surface area contributed by atoms with Crippen molar-refractivity contribution in [2.45, 2.75) is 146 Å². The minimum Gasteiger partial charge on any atom is -0.395 e. The number of aliphatic hydroxyl groups is 5. The summed E-state index contributed by atoms with van der Waals surface area (Å²) >= 11 is 6.30. The summed E-state index contributed by atoms with van der Waals surface area (Å²) in [5.41, 5.74) is 0.448. The number of aromatic nitrogens is 8. The molecule has 16 atom stereocenters. The minimum absolute atomic E-state index is 0. The summed E-state index contributed by atoms with van der Waals surface area (Å²) in [6.07, 6.45) is 11.8. The van der Waals surface area contributed by atoms with E-state index in [1.54, 1.807) is 17.2 Å². The maximum atomic E-state index is 12.9. The van der Waals surface area contributed by atoms with Crippen molar-refractivity contribution in [1.29, 1.82) is 0 Å². The van der Waals surface area contributed by atoms with Crippen LogP contribution in [0.3, 0.4) is 0 Å². The molecular weight excluding hydrogens is 856 g/mol. The fraction of sp³-hybridized carbons (Fsp3) is 0.733. The molecule has 9 saturated carbocycles. The van der Waals surface area contributed by atoms with E-state index in [4.69, 9.17) is 16.7 Å².